The van der Waals surface area contributed by atoms with Crippen LogP contribution in [0.1, 0.15) is 0 Å². The summed E-state index contributed by atoms with van der Waals surface area (Å²) in [6.45, 7) is 0. The average molecular weight is 331 g/mol. The molecule has 0 bridgehead atoms. The molecule has 0 aliphatic heterocycles. The van der Waals surface area contributed by atoms with Gasteiger partial charge in [0.2, 0.25) is 0 Å². The molecular weight excluding hydrogens is 328 g/mol. The summed E-state index contributed by atoms with van der Waals surface area (Å²) in [6.07, 6.45) is 0. The topological polar surface area (TPSA) is 97.9 Å². The van der Waals surface area contributed by atoms with Gasteiger partial charge < -0.3 is 12.3 Å². The first kappa shape index (κ1) is 15.7. The molecule has 0 aromatic carbocycles. The summed E-state index contributed by atoms with van der Waals surface area (Å²) in [6, 6.07) is 0. The number of rotatable bonds is 0. The van der Waals surface area contributed by atoms with E-state index >= 15 is 0 Å². The molecule has 0 saturated heterocycles. The zero-order valence-corrected chi connectivity index (χ0v) is 9.45. The molecule has 3 N–H and O–H groups in total. The molecule has 0 aromatic rings. The zero-order valence-electron chi connectivity index (χ0n) is 2.85. The largest absolute Gasteiger partial charge is 0.503 e. The minimum atomic E-state index is -3.76. The molecule has 0 amide bonds. The van der Waals surface area contributed by atoms with Gasteiger partial charge in [0, 0.05) is 48.9 Å². The van der Waals surface area contributed by atoms with Crippen molar-refractivity contribution in [2.75, 3.05) is 0 Å². The molecule has 0 heterocycles. The van der Waals surface area contributed by atoms with E-state index < -0.39 is 21.1 Å². The van der Waals surface area contributed by atoms with Crippen LogP contribution in [-0.4, -0.2) is 57.8 Å². The van der Waals surface area contributed by atoms with Gasteiger partial charge in [-0.2, -0.15) is 0 Å². The van der Waals surface area contributed by atoms with Crippen molar-refractivity contribution in [1.29, 1.82) is 0 Å². The van der Waals surface area contributed by atoms with Crippen LogP contribution >= 0.6 is 0 Å². The molecule has 0 rings (SSSR count). The Hall–Kier alpha value is 2.14. The average Bonchev–Trinajstić information content (AvgIpc) is 0.811. The van der Waals surface area contributed by atoms with Crippen LogP contribution in [-0.2, 0) is 0 Å². The van der Waals surface area contributed by atoms with E-state index in [2.05, 4.69) is 0 Å². The summed E-state index contributed by atoms with van der Waals surface area (Å²) in [5.74, 6) is 0. The number of hydrogen-bond acceptors (Lipinski definition) is 3. The van der Waals surface area contributed by atoms with Crippen molar-refractivity contribution in [1.82, 2.24) is 0 Å². The Morgan fingerprint density at radius 2 is 1.33 bits per heavy atom. The van der Waals surface area contributed by atoms with Gasteiger partial charge in [-0.05, 0) is 3.44 Å². The Morgan fingerprint density at radius 1 is 1.33 bits per heavy atom. The van der Waals surface area contributed by atoms with E-state index in [4.69, 9.17) is 10.3 Å². The molecule has 0 aliphatic rings. The summed E-state index contributed by atoms with van der Waals surface area (Å²) in [5, 5.41) is 0. The normalized spacial score (nSPS) is 6.00. The Morgan fingerprint density at radius 3 is 1.33 bits per heavy atom. The second-order valence-corrected chi connectivity index (χ2v) is 1.35. The second-order valence-electron chi connectivity index (χ2n) is 0.201. The van der Waals surface area contributed by atoms with Gasteiger partial charge in [-0.3, -0.25) is 0 Å². The first-order valence-electron chi connectivity index (χ1n) is 0.478. The van der Waals surface area contributed by atoms with Crippen molar-refractivity contribution in [2.45, 2.75) is 0 Å². The van der Waals surface area contributed by atoms with Crippen molar-refractivity contribution in [3.05, 3.63) is 0 Å². The first-order valence-corrected chi connectivity index (χ1v) is 3.20. The standard InChI is InChI=1S/Ba.HIO3.H2O/c;2-1(3)4;/h;2H;1H2. The molecule has 0 fully saturated rings. The molecule has 0 aliphatic carbocycles. The quantitative estimate of drug-likeness (QED) is 0.353. The van der Waals surface area contributed by atoms with Crippen LogP contribution in [0.5, 0.6) is 0 Å². The molecule has 6 heteroatoms. The third-order valence-electron chi connectivity index (χ3n) is 0. The molecule has 2 radical (unpaired) electrons. The predicted octanol–water partition coefficient (Wildman–Crippen LogP) is -7.14. The fourth-order valence-corrected chi connectivity index (χ4v) is 0. The molecule has 0 atom stereocenters. The van der Waals surface area contributed by atoms with Gasteiger partial charge in [-0.25, -0.2) is 0 Å². The van der Waals surface area contributed by atoms with Crippen molar-refractivity contribution >= 4 is 48.9 Å². The van der Waals surface area contributed by atoms with E-state index in [1.54, 1.807) is 0 Å². The van der Waals surface area contributed by atoms with Gasteiger partial charge in [0.15, 0.2) is 0 Å². The molecule has 6 heavy (non-hydrogen) atoms. The third-order valence-corrected chi connectivity index (χ3v) is 0. The fraction of sp³-hybridized carbons (Fsp3) is 0. The van der Waals surface area contributed by atoms with E-state index in [1.807, 2.05) is 0 Å². The van der Waals surface area contributed by atoms with Crippen molar-refractivity contribution in [3.8, 4) is 0 Å². The SMILES string of the molecule is O.[Ba].[O-][I+2]([O-])O. The van der Waals surface area contributed by atoms with Crippen LogP contribution < -0.4 is 27.9 Å². The van der Waals surface area contributed by atoms with Crippen molar-refractivity contribution in [2.24, 2.45) is 0 Å². The van der Waals surface area contributed by atoms with Gasteiger partial charge in [0.25, 0.3) is 0 Å². The van der Waals surface area contributed by atoms with Crippen LogP contribution in [0.2, 0.25) is 0 Å². The maximum absolute atomic E-state index is 8.68. The van der Waals surface area contributed by atoms with E-state index in [1.165, 1.54) is 0 Å². The summed E-state index contributed by atoms with van der Waals surface area (Å²) < 4.78 is 24.5. The van der Waals surface area contributed by atoms with E-state index in [0.717, 1.165) is 0 Å². The Kier molecular flexibility index (Phi) is 26.7. The Balaban J connectivity index is -0.0000000450. The van der Waals surface area contributed by atoms with Gasteiger partial charge >= 0.3 is 21.1 Å². The van der Waals surface area contributed by atoms with Gasteiger partial charge in [-0.1, -0.05) is 0 Å². The Labute approximate surface area is 84.0 Å². The van der Waals surface area contributed by atoms with Gasteiger partial charge in [0.1, 0.15) is 0 Å². The van der Waals surface area contributed by atoms with E-state index in [9.17, 15) is 0 Å². The van der Waals surface area contributed by atoms with Crippen molar-refractivity contribution in [3.63, 3.8) is 0 Å². The van der Waals surface area contributed by atoms with E-state index in [0.29, 0.717) is 0 Å². The molecule has 0 unspecified atom stereocenters. The summed E-state index contributed by atoms with van der Waals surface area (Å²) in [7, 11) is 0. The minimum absolute atomic E-state index is 0. The number of hydrogen-bond donors (Lipinski definition) is 1. The number of halogens is 1. The second kappa shape index (κ2) is 10.2. The van der Waals surface area contributed by atoms with Gasteiger partial charge in [0.05, 0.1) is 0 Å². The first-order chi connectivity index (χ1) is 1.73. The Bertz CT molecular complexity index is 12.3. The molecule has 0 aromatic heterocycles. The summed E-state index contributed by atoms with van der Waals surface area (Å²) in [5.41, 5.74) is 0. The minimum Gasteiger partial charge on any atom is -0.412 e. The molecule has 0 saturated carbocycles. The fourth-order valence-electron chi connectivity index (χ4n) is 0. The summed E-state index contributed by atoms with van der Waals surface area (Å²) in [4.78, 5) is 0. The van der Waals surface area contributed by atoms with Crippen molar-refractivity contribution < 1.29 is 36.8 Å². The van der Waals surface area contributed by atoms with E-state index in [-0.39, 0.29) is 54.4 Å². The zero-order chi connectivity index (χ0) is 3.58. The predicted molar refractivity (Wildman–Crippen MR) is 11.6 cm³/mol. The molecular formula is H3BaIO4. The van der Waals surface area contributed by atoms with Crippen LogP contribution in [0.25, 0.3) is 0 Å². The smallest absolute Gasteiger partial charge is 0.412 e. The monoisotopic (exact) mass is 332 g/mol. The van der Waals surface area contributed by atoms with Crippen LogP contribution in [0.3, 0.4) is 0 Å². The third kappa shape index (κ3) is 35.4. The summed E-state index contributed by atoms with van der Waals surface area (Å²) >= 11 is -3.76. The molecule has 4 nitrogen and oxygen atoms in total. The van der Waals surface area contributed by atoms with Gasteiger partial charge in [-0.15, -0.1) is 0 Å². The molecule has 36 valence electrons. The van der Waals surface area contributed by atoms with Crippen LogP contribution in [0, 0.1) is 0 Å². The maximum Gasteiger partial charge on any atom is 0.503 e. The van der Waals surface area contributed by atoms with Crippen LogP contribution in [0.15, 0.2) is 0 Å². The molecule has 0 spiro atoms. The maximum atomic E-state index is 8.68. The van der Waals surface area contributed by atoms with Crippen LogP contribution in [0.4, 0.5) is 0 Å².